The summed E-state index contributed by atoms with van der Waals surface area (Å²) in [6.07, 6.45) is -5.30. The number of piperidine rings is 1. The van der Waals surface area contributed by atoms with E-state index in [1.807, 2.05) is 31.2 Å². The van der Waals surface area contributed by atoms with Gasteiger partial charge in [-0.1, -0.05) is 35.0 Å². The first-order valence-corrected chi connectivity index (χ1v) is 7.68. The lowest BCUT2D eigenvalue weighted by Gasteiger charge is -2.38. The van der Waals surface area contributed by atoms with Crippen molar-refractivity contribution in [2.24, 2.45) is 0 Å². The fourth-order valence-electron chi connectivity index (χ4n) is 2.69. The number of halogens is 3. The molecule has 0 aliphatic carbocycles. The van der Waals surface area contributed by atoms with Crippen LogP contribution in [0.3, 0.4) is 0 Å². The van der Waals surface area contributed by atoms with Crippen molar-refractivity contribution in [2.45, 2.75) is 38.1 Å². The molecule has 1 aromatic carbocycles. The standard InChI is InChI=1S/C16H18F3N3O2/c1-11-2-4-12(5-3-11)14-20-13(24-21-14)10-22-8-6-15(23,7-9-22)16(17,18)19/h2-5,23H,6-10H2,1H3. The summed E-state index contributed by atoms with van der Waals surface area (Å²) in [5.74, 6) is 0.803. The Morgan fingerprint density at radius 3 is 2.42 bits per heavy atom. The smallest absolute Gasteiger partial charge is 0.380 e. The van der Waals surface area contributed by atoms with Crippen molar-refractivity contribution >= 4 is 0 Å². The van der Waals surface area contributed by atoms with E-state index in [4.69, 9.17) is 4.52 Å². The molecule has 2 heterocycles. The van der Waals surface area contributed by atoms with E-state index in [-0.39, 0.29) is 32.5 Å². The maximum Gasteiger partial charge on any atom is 0.417 e. The van der Waals surface area contributed by atoms with Crippen molar-refractivity contribution in [1.82, 2.24) is 15.0 Å². The monoisotopic (exact) mass is 341 g/mol. The van der Waals surface area contributed by atoms with Gasteiger partial charge in [0.15, 0.2) is 5.60 Å². The summed E-state index contributed by atoms with van der Waals surface area (Å²) < 4.78 is 43.6. The molecular formula is C16H18F3N3O2. The molecule has 0 bridgehead atoms. The number of likely N-dealkylation sites (tertiary alicyclic amines) is 1. The molecule has 0 unspecified atom stereocenters. The number of aromatic nitrogens is 2. The van der Waals surface area contributed by atoms with Gasteiger partial charge < -0.3 is 9.63 Å². The number of nitrogens with zero attached hydrogens (tertiary/aromatic N) is 3. The number of hydrogen-bond acceptors (Lipinski definition) is 5. The summed E-state index contributed by atoms with van der Waals surface area (Å²) in [6.45, 7) is 2.49. The molecule has 1 fully saturated rings. The zero-order valence-electron chi connectivity index (χ0n) is 13.2. The lowest BCUT2D eigenvalue weighted by atomic mass is 9.91. The Labute approximate surface area is 137 Å². The van der Waals surface area contributed by atoms with Crippen LogP contribution in [-0.2, 0) is 6.54 Å². The first kappa shape index (κ1) is 16.9. The molecule has 8 heteroatoms. The zero-order chi connectivity index (χ0) is 17.4. The van der Waals surface area contributed by atoms with Crippen LogP contribution in [0.4, 0.5) is 13.2 Å². The van der Waals surface area contributed by atoms with E-state index in [1.165, 1.54) is 0 Å². The van der Waals surface area contributed by atoms with Crippen LogP contribution in [0, 0.1) is 6.92 Å². The molecule has 5 nitrogen and oxygen atoms in total. The van der Waals surface area contributed by atoms with Crippen LogP contribution in [-0.4, -0.2) is 45.0 Å². The van der Waals surface area contributed by atoms with Crippen LogP contribution < -0.4 is 0 Å². The lowest BCUT2D eigenvalue weighted by Crippen LogP contribution is -2.53. The fraction of sp³-hybridized carbons (Fsp3) is 0.500. The fourth-order valence-corrected chi connectivity index (χ4v) is 2.69. The number of hydrogen-bond donors (Lipinski definition) is 1. The van der Waals surface area contributed by atoms with Gasteiger partial charge in [-0.25, -0.2) is 0 Å². The highest BCUT2D eigenvalue weighted by atomic mass is 19.4. The highest BCUT2D eigenvalue weighted by Gasteiger charge is 2.54. The quantitative estimate of drug-likeness (QED) is 0.930. The molecule has 130 valence electrons. The zero-order valence-corrected chi connectivity index (χ0v) is 13.2. The normalized spacial score (nSPS) is 18.7. The third-order valence-corrected chi connectivity index (χ3v) is 4.35. The summed E-state index contributed by atoms with van der Waals surface area (Å²) in [7, 11) is 0. The number of aryl methyl sites for hydroxylation is 1. The number of rotatable bonds is 3. The van der Waals surface area contributed by atoms with Gasteiger partial charge in [-0.3, -0.25) is 4.90 Å². The van der Waals surface area contributed by atoms with Gasteiger partial charge in [0.05, 0.1) is 6.54 Å². The van der Waals surface area contributed by atoms with Crippen LogP contribution >= 0.6 is 0 Å². The highest BCUT2D eigenvalue weighted by Crippen LogP contribution is 2.38. The second-order valence-corrected chi connectivity index (χ2v) is 6.18. The van der Waals surface area contributed by atoms with Crippen LogP contribution in [0.5, 0.6) is 0 Å². The van der Waals surface area contributed by atoms with Gasteiger partial charge in [-0.05, 0) is 19.8 Å². The molecule has 1 saturated heterocycles. The molecule has 2 aromatic rings. The Hall–Kier alpha value is -1.93. The summed E-state index contributed by atoms with van der Waals surface area (Å²) >= 11 is 0. The molecule has 1 aliphatic heterocycles. The van der Waals surface area contributed by atoms with Gasteiger partial charge in [0, 0.05) is 18.7 Å². The van der Waals surface area contributed by atoms with E-state index in [1.54, 1.807) is 4.90 Å². The summed E-state index contributed by atoms with van der Waals surface area (Å²) in [4.78, 5) is 6.06. The Bertz CT molecular complexity index is 689. The SMILES string of the molecule is Cc1ccc(-c2noc(CN3CCC(O)(C(F)(F)F)CC3)n2)cc1. The summed E-state index contributed by atoms with van der Waals surface area (Å²) in [6, 6.07) is 7.64. The molecule has 0 amide bonds. The largest absolute Gasteiger partial charge is 0.417 e. The molecule has 0 saturated carbocycles. The van der Waals surface area contributed by atoms with Crippen molar-refractivity contribution in [3.63, 3.8) is 0 Å². The van der Waals surface area contributed by atoms with E-state index >= 15 is 0 Å². The average Bonchev–Trinajstić information content (AvgIpc) is 2.98. The molecule has 1 aliphatic rings. The van der Waals surface area contributed by atoms with E-state index < -0.39 is 11.8 Å². The second kappa shape index (κ2) is 6.18. The lowest BCUT2D eigenvalue weighted by molar-refractivity contribution is -0.273. The first-order valence-electron chi connectivity index (χ1n) is 7.68. The highest BCUT2D eigenvalue weighted by molar-refractivity contribution is 5.54. The van der Waals surface area contributed by atoms with Crippen molar-refractivity contribution in [3.05, 3.63) is 35.7 Å². The number of alkyl halides is 3. The third-order valence-electron chi connectivity index (χ3n) is 4.35. The van der Waals surface area contributed by atoms with E-state index in [0.717, 1.165) is 11.1 Å². The minimum Gasteiger partial charge on any atom is -0.380 e. The van der Waals surface area contributed by atoms with Crippen LogP contribution in [0.1, 0.15) is 24.3 Å². The second-order valence-electron chi connectivity index (χ2n) is 6.18. The van der Waals surface area contributed by atoms with Crippen molar-refractivity contribution in [2.75, 3.05) is 13.1 Å². The van der Waals surface area contributed by atoms with E-state index in [9.17, 15) is 18.3 Å². The summed E-state index contributed by atoms with van der Waals surface area (Å²) in [5, 5.41) is 13.6. The van der Waals surface area contributed by atoms with Gasteiger partial charge in [0.25, 0.3) is 0 Å². The van der Waals surface area contributed by atoms with Crippen LogP contribution in [0.2, 0.25) is 0 Å². The molecule has 0 spiro atoms. The number of benzene rings is 1. The molecule has 1 N–H and O–H groups in total. The van der Waals surface area contributed by atoms with Gasteiger partial charge in [-0.15, -0.1) is 0 Å². The average molecular weight is 341 g/mol. The topological polar surface area (TPSA) is 62.4 Å². The predicted molar refractivity (Wildman–Crippen MR) is 80.0 cm³/mol. The number of aliphatic hydroxyl groups is 1. The van der Waals surface area contributed by atoms with Gasteiger partial charge >= 0.3 is 6.18 Å². The predicted octanol–water partition coefficient (Wildman–Crippen LogP) is 2.93. The van der Waals surface area contributed by atoms with Gasteiger partial charge in [-0.2, -0.15) is 18.2 Å². The van der Waals surface area contributed by atoms with Gasteiger partial charge in [0.1, 0.15) is 0 Å². The molecule has 0 radical (unpaired) electrons. The Morgan fingerprint density at radius 1 is 1.21 bits per heavy atom. The van der Waals surface area contributed by atoms with Crippen molar-refractivity contribution < 1.29 is 22.8 Å². The Balaban J connectivity index is 1.61. The van der Waals surface area contributed by atoms with Gasteiger partial charge in [0.2, 0.25) is 11.7 Å². The molecule has 0 atom stereocenters. The van der Waals surface area contributed by atoms with Crippen molar-refractivity contribution in [1.29, 1.82) is 0 Å². The minimum absolute atomic E-state index is 0.123. The molecule has 24 heavy (non-hydrogen) atoms. The Kier molecular flexibility index (Phi) is 4.35. The maximum atomic E-state index is 12.8. The molecule has 1 aromatic heterocycles. The molecule has 3 rings (SSSR count). The van der Waals surface area contributed by atoms with Crippen molar-refractivity contribution in [3.8, 4) is 11.4 Å². The van der Waals surface area contributed by atoms with E-state index in [2.05, 4.69) is 10.1 Å². The molecular weight excluding hydrogens is 323 g/mol. The maximum absolute atomic E-state index is 12.8. The van der Waals surface area contributed by atoms with Crippen LogP contribution in [0.25, 0.3) is 11.4 Å². The van der Waals surface area contributed by atoms with Crippen LogP contribution in [0.15, 0.2) is 28.8 Å². The Morgan fingerprint density at radius 2 is 1.83 bits per heavy atom. The first-order chi connectivity index (χ1) is 11.3. The minimum atomic E-state index is -4.60. The third kappa shape index (κ3) is 3.44. The van der Waals surface area contributed by atoms with E-state index in [0.29, 0.717) is 11.7 Å². The summed E-state index contributed by atoms with van der Waals surface area (Å²) in [5.41, 5.74) is -0.653.